The molecule has 0 spiro atoms. The van der Waals surface area contributed by atoms with Crippen LogP contribution in [0.15, 0.2) is 36.7 Å². The number of hydrogen-bond acceptors (Lipinski definition) is 5. The quantitative estimate of drug-likeness (QED) is 0.868. The summed E-state index contributed by atoms with van der Waals surface area (Å²) >= 11 is 5.90. The van der Waals surface area contributed by atoms with E-state index in [0.29, 0.717) is 11.6 Å². The number of nitrogens with zero attached hydrogens (tertiary/aromatic N) is 3. The third kappa shape index (κ3) is 3.46. The van der Waals surface area contributed by atoms with Gasteiger partial charge in [0.25, 0.3) is 11.8 Å². The molecule has 8 heteroatoms. The van der Waals surface area contributed by atoms with Crippen molar-refractivity contribution >= 4 is 29.1 Å². The molecule has 1 aliphatic heterocycles. The van der Waals surface area contributed by atoms with Crippen LogP contribution in [0, 0.1) is 0 Å². The molecule has 1 aliphatic rings. The summed E-state index contributed by atoms with van der Waals surface area (Å²) in [6.07, 6.45) is 3.48. The molecule has 2 aromatic rings. The Bertz CT molecular complexity index is 765. The van der Waals surface area contributed by atoms with E-state index in [9.17, 15) is 9.59 Å². The van der Waals surface area contributed by atoms with Gasteiger partial charge in [0, 0.05) is 42.2 Å². The number of benzene rings is 1. The molecule has 1 saturated heterocycles. The fourth-order valence-electron chi connectivity index (χ4n) is 2.70. The van der Waals surface area contributed by atoms with Crippen LogP contribution in [0.1, 0.15) is 27.4 Å². The lowest BCUT2D eigenvalue weighted by atomic mass is 10.2. The first-order chi connectivity index (χ1) is 11.5. The number of anilines is 1. The Labute approximate surface area is 143 Å². The molecule has 2 heterocycles. The highest BCUT2D eigenvalue weighted by atomic mass is 35.5. The van der Waals surface area contributed by atoms with E-state index in [-0.39, 0.29) is 17.4 Å². The number of amides is 2. The average Bonchev–Trinajstić information content (AvgIpc) is 3.04. The van der Waals surface area contributed by atoms with E-state index in [1.807, 2.05) is 24.3 Å². The van der Waals surface area contributed by atoms with Crippen molar-refractivity contribution in [1.82, 2.24) is 15.3 Å². The normalized spacial score (nSPS) is 16.9. The Morgan fingerprint density at radius 3 is 2.50 bits per heavy atom. The van der Waals surface area contributed by atoms with Crippen LogP contribution < -0.4 is 16.0 Å². The van der Waals surface area contributed by atoms with E-state index in [1.54, 1.807) is 0 Å². The Hall–Kier alpha value is -2.67. The third-order valence-corrected chi connectivity index (χ3v) is 4.11. The van der Waals surface area contributed by atoms with Gasteiger partial charge in [-0.05, 0) is 30.7 Å². The molecule has 1 aromatic heterocycles. The topological polar surface area (TPSA) is 101 Å². The number of primary amides is 1. The van der Waals surface area contributed by atoms with Crippen LogP contribution in [0.2, 0.25) is 5.02 Å². The van der Waals surface area contributed by atoms with Crippen molar-refractivity contribution in [3.8, 4) is 0 Å². The van der Waals surface area contributed by atoms with Crippen molar-refractivity contribution < 1.29 is 9.59 Å². The maximum absolute atomic E-state index is 12.4. The summed E-state index contributed by atoms with van der Waals surface area (Å²) in [6, 6.07) is 7.51. The SMILES string of the molecule is NC(=O)c1nccnc1C(=O)N[C@@H]1CCN(c2ccc(Cl)cc2)C1. The number of carbonyl (C=O) groups is 2. The van der Waals surface area contributed by atoms with Gasteiger partial charge in [0.15, 0.2) is 11.4 Å². The van der Waals surface area contributed by atoms with Gasteiger partial charge in [0.1, 0.15) is 0 Å². The molecular weight excluding hydrogens is 330 g/mol. The number of rotatable bonds is 4. The van der Waals surface area contributed by atoms with Crippen molar-refractivity contribution in [2.24, 2.45) is 5.73 Å². The van der Waals surface area contributed by atoms with Crippen molar-refractivity contribution in [2.45, 2.75) is 12.5 Å². The minimum absolute atomic E-state index is 0.0455. The summed E-state index contributed by atoms with van der Waals surface area (Å²) in [7, 11) is 0. The van der Waals surface area contributed by atoms with Gasteiger partial charge in [0.2, 0.25) is 0 Å². The summed E-state index contributed by atoms with van der Waals surface area (Å²) in [5.74, 6) is -1.22. The zero-order valence-electron chi connectivity index (χ0n) is 12.8. The average molecular weight is 346 g/mol. The fraction of sp³-hybridized carbons (Fsp3) is 0.250. The molecule has 3 N–H and O–H groups in total. The molecule has 24 heavy (non-hydrogen) atoms. The van der Waals surface area contributed by atoms with Gasteiger partial charge < -0.3 is 16.0 Å². The molecule has 0 bridgehead atoms. The van der Waals surface area contributed by atoms with Crippen molar-refractivity contribution in [2.75, 3.05) is 18.0 Å². The molecule has 1 fully saturated rings. The van der Waals surface area contributed by atoms with E-state index < -0.39 is 11.8 Å². The lowest BCUT2D eigenvalue weighted by Crippen LogP contribution is -2.38. The van der Waals surface area contributed by atoms with Gasteiger partial charge in [-0.25, -0.2) is 9.97 Å². The predicted molar refractivity (Wildman–Crippen MR) is 90.1 cm³/mol. The summed E-state index contributed by atoms with van der Waals surface area (Å²) in [5, 5.41) is 3.57. The summed E-state index contributed by atoms with van der Waals surface area (Å²) in [5.41, 5.74) is 6.11. The first-order valence-corrected chi connectivity index (χ1v) is 7.84. The molecule has 1 aromatic carbocycles. The van der Waals surface area contributed by atoms with Gasteiger partial charge in [-0.1, -0.05) is 11.6 Å². The molecule has 0 aliphatic carbocycles. The standard InChI is InChI=1S/C16H16ClN5O2/c17-10-1-3-12(4-2-10)22-8-5-11(9-22)21-16(24)14-13(15(18)23)19-6-7-20-14/h1-4,6-7,11H,5,8-9H2,(H2,18,23)(H,21,24)/t11-/m1/s1. The Balaban J connectivity index is 1.66. The third-order valence-electron chi connectivity index (χ3n) is 3.86. The maximum Gasteiger partial charge on any atom is 0.272 e. The number of carbonyl (C=O) groups excluding carboxylic acids is 2. The van der Waals surface area contributed by atoms with Gasteiger partial charge in [0.05, 0.1) is 0 Å². The smallest absolute Gasteiger partial charge is 0.272 e. The van der Waals surface area contributed by atoms with Crippen molar-refractivity contribution in [3.05, 3.63) is 53.1 Å². The van der Waals surface area contributed by atoms with E-state index in [1.165, 1.54) is 12.4 Å². The van der Waals surface area contributed by atoms with Crippen LogP contribution in [0.25, 0.3) is 0 Å². The van der Waals surface area contributed by atoms with Gasteiger partial charge >= 0.3 is 0 Å². The lowest BCUT2D eigenvalue weighted by Gasteiger charge is -2.19. The van der Waals surface area contributed by atoms with Crippen molar-refractivity contribution in [1.29, 1.82) is 0 Å². The Morgan fingerprint density at radius 2 is 1.83 bits per heavy atom. The molecule has 3 rings (SSSR count). The first-order valence-electron chi connectivity index (χ1n) is 7.47. The number of halogens is 1. The molecule has 0 radical (unpaired) electrons. The van der Waals surface area contributed by atoms with Gasteiger partial charge in [-0.2, -0.15) is 0 Å². The number of aromatic nitrogens is 2. The van der Waals surface area contributed by atoms with Gasteiger partial charge in [-0.3, -0.25) is 9.59 Å². The molecule has 7 nitrogen and oxygen atoms in total. The van der Waals surface area contributed by atoms with Crippen LogP contribution >= 0.6 is 11.6 Å². The van der Waals surface area contributed by atoms with E-state index in [0.717, 1.165) is 18.7 Å². The molecule has 2 amide bonds. The summed E-state index contributed by atoms with van der Waals surface area (Å²) in [4.78, 5) is 33.6. The predicted octanol–water partition coefficient (Wildman–Crippen LogP) is 1.24. The number of hydrogen-bond donors (Lipinski definition) is 2. The molecular formula is C16H16ClN5O2. The van der Waals surface area contributed by atoms with Crippen LogP contribution in [-0.2, 0) is 0 Å². The second-order valence-electron chi connectivity index (χ2n) is 5.50. The largest absolute Gasteiger partial charge is 0.369 e. The molecule has 124 valence electrons. The first kappa shape index (κ1) is 16.2. The highest BCUT2D eigenvalue weighted by Gasteiger charge is 2.26. The van der Waals surface area contributed by atoms with E-state index >= 15 is 0 Å². The van der Waals surface area contributed by atoms with Crippen LogP contribution in [0.5, 0.6) is 0 Å². The maximum atomic E-state index is 12.4. The zero-order valence-corrected chi connectivity index (χ0v) is 13.5. The van der Waals surface area contributed by atoms with Crippen molar-refractivity contribution in [3.63, 3.8) is 0 Å². The Morgan fingerprint density at radius 1 is 1.17 bits per heavy atom. The van der Waals surface area contributed by atoms with E-state index in [4.69, 9.17) is 17.3 Å². The molecule has 0 unspecified atom stereocenters. The second kappa shape index (κ2) is 6.84. The van der Waals surface area contributed by atoms with Crippen LogP contribution in [-0.4, -0.2) is 40.9 Å². The summed E-state index contributed by atoms with van der Waals surface area (Å²) < 4.78 is 0. The molecule has 1 atom stereocenters. The zero-order chi connectivity index (χ0) is 17.1. The minimum Gasteiger partial charge on any atom is -0.369 e. The monoisotopic (exact) mass is 345 g/mol. The highest BCUT2D eigenvalue weighted by Crippen LogP contribution is 2.22. The van der Waals surface area contributed by atoms with Gasteiger partial charge in [-0.15, -0.1) is 0 Å². The number of nitrogens with two attached hydrogens (primary N) is 1. The van der Waals surface area contributed by atoms with E-state index in [2.05, 4.69) is 20.2 Å². The second-order valence-corrected chi connectivity index (χ2v) is 5.94. The molecule has 0 saturated carbocycles. The highest BCUT2D eigenvalue weighted by molar-refractivity contribution is 6.30. The summed E-state index contributed by atoms with van der Waals surface area (Å²) in [6.45, 7) is 1.48. The van der Waals surface area contributed by atoms with Crippen LogP contribution in [0.3, 0.4) is 0 Å². The number of nitrogens with one attached hydrogen (secondary N) is 1. The Kier molecular flexibility index (Phi) is 4.61. The minimum atomic E-state index is -0.775. The lowest BCUT2D eigenvalue weighted by molar-refractivity contribution is 0.0917. The fourth-order valence-corrected chi connectivity index (χ4v) is 2.83. The van der Waals surface area contributed by atoms with Crippen LogP contribution in [0.4, 0.5) is 5.69 Å².